The topological polar surface area (TPSA) is 34.9 Å². The van der Waals surface area contributed by atoms with Crippen molar-refractivity contribution in [1.29, 1.82) is 0 Å². The van der Waals surface area contributed by atoms with Gasteiger partial charge < -0.3 is 0 Å². The van der Waals surface area contributed by atoms with Crippen LogP contribution in [-0.2, 0) is 0 Å². The summed E-state index contributed by atoms with van der Waals surface area (Å²) in [7, 11) is 0. The van der Waals surface area contributed by atoms with Gasteiger partial charge in [0.15, 0.2) is 5.78 Å². The van der Waals surface area contributed by atoms with E-state index in [1.165, 1.54) is 13.1 Å². The number of benzene rings is 1. The Kier molecular flexibility index (Phi) is 2.99. The summed E-state index contributed by atoms with van der Waals surface area (Å²) in [6, 6.07) is 8.53. The van der Waals surface area contributed by atoms with Crippen LogP contribution in [0.4, 0.5) is 8.78 Å². The molecule has 0 spiro atoms. The summed E-state index contributed by atoms with van der Waals surface area (Å²) < 4.78 is 27.0. The molecule has 17 heavy (non-hydrogen) atoms. The van der Waals surface area contributed by atoms with Gasteiger partial charge in [-0.1, -0.05) is 18.2 Å². The molecule has 0 bridgehead atoms. The van der Waals surface area contributed by atoms with Crippen molar-refractivity contribution in [1.82, 2.24) is 9.78 Å². The molecule has 0 saturated heterocycles. The van der Waals surface area contributed by atoms with Crippen molar-refractivity contribution in [2.45, 2.75) is 13.3 Å². The van der Waals surface area contributed by atoms with Crippen LogP contribution < -0.4 is 0 Å². The molecule has 0 unspecified atom stereocenters. The maximum Gasteiger partial charge on any atom is 0.281 e. The molecule has 0 atom stereocenters. The Morgan fingerprint density at radius 2 is 1.94 bits per heavy atom. The van der Waals surface area contributed by atoms with Gasteiger partial charge in [-0.05, 0) is 19.1 Å². The molecular formula is C12H10F2N2O. The second kappa shape index (κ2) is 4.45. The standard InChI is InChI=1S/C12H10F2N2O/c1-8(17)10-7-15-16(11(10)12(13)14)9-5-3-2-4-6-9/h2-7,12H,1H3. The fraction of sp³-hybridized carbons (Fsp3) is 0.167. The van der Waals surface area contributed by atoms with E-state index in [1.807, 2.05) is 0 Å². The molecule has 0 radical (unpaired) electrons. The molecule has 2 aromatic rings. The first kappa shape index (κ1) is 11.4. The Morgan fingerprint density at radius 3 is 2.47 bits per heavy atom. The number of carbonyl (C=O) groups is 1. The maximum atomic E-state index is 13.0. The molecule has 1 aromatic carbocycles. The lowest BCUT2D eigenvalue weighted by Crippen LogP contribution is -2.05. The number of hydrogen-bond donors (Lipinski definition) is 0. The fourth-order valence-electron chi connectivity index (χ4n) is 1.61. The second-order valence-electron chi connectivity index (χ2n) is 3.55. The van der Waals surface area contributed by atoms with Crippen LogP contribution in [0.5, 0.6) is 0 Å². The van der Waals surface area contributed by atoms with Crippen molar-refractivity contribution in [3.8, 4) is 5.69 Å². The van der Waals surface area contributed by atoms with Crippen LogP contribution in [0.3, 0.4) is 0 Å². The summed E-state index contributed by atoms with van der Waals surface area (Å²) in [5.41, 5.74) is 0.114. The summed E-state index contributed by atoms with van der Waals surface area (Å²) >= 11 is 0. The van der Waals surface area contributed by atoms with Crippen LogP contribution in [0, 0.1) is 0 Å². The van der Waals surface area contributed by atoms with Crippen LogP contribution in [0.25, 0.3) is 5.69 Å². The lowest BCUT2D eigenvalue weighted by Gasteiger charge is -2.07. The van der Waals surface area contributed by atoms with Crippen LogP contribution in [-0.4, -0.2) is 15.6 Å². The fourth-order valence-corrected chi connectivity index (χ4v) is 1.61. The number of nitrogens with zero attached hydrogens (tertiary/aromatic N) is 2. The highest BCUT2D eigenvalue weighted by Crippen LogP contribution is 2.25. The number of alkyl halides is 2. The Labute approximate surface area is 96.7 Å². The summed E-state index contributed by atoms with van der Waals surface area (Å²) in [6.07, 6.45) is -1.56. The average molecular weight is 236 g/mol. The molecule has 1 aromatic heterocycles. The van der Waals surface area contributed by atoms with Crippen molar-refractivity contribution >= 4 is 5.78 Å². The van der Waals surface area contributed by atoms with E-state index in [0.717, 1.165) is 4.68 Å². The molecule has 0 N–H and O–H groups in total. The van der Waals surface area contributed by atoms with E-state index >= 15 is 0 Å². The molecule has 0 amide bonds. The second-order valence-corrected chi connectivity index (χ2v) is 3.55. The number of ketones is 1. The van der Waals surface area contributed by atoms with Crippen molar-refractivity contribution in [2.24, 2.45) is 0 Å². The molecule has 0 aliphatic heterocycles. The van der Waals surface area contributed by atoms with Gasteiger partial charge in [0, 0.05) is 0 Å². The van der Waals surface area contributed by atoms with Gasteiger partial charge in [-0.3, -0.25) is 4.79 Å². The third kappa shape index (κ3) is 2.08. The SMILES string of the molecule is CC(=O)c1cnn(-c2ccccc2)c1C(F)F. The van der Waals surface area contributed by atoms with Gasteiger partial charge in [0.2, 0.25) is 0 Å². The van der Waals surface area contributed by atoms with Crippen LogP contribution in [0.2, 0.25) is 0 Å². The Morgan fingerprint density at radius 1 is 1.29 bits per heavy atom. The quantitative estimate of drug-likeness (QED) is 0.768. The van der Waals surface area contributed by atoms with Gasteiger partial charge >= 0.3 is 0 Å². The first-order chi connectivity index (χ1) is 8.11. The molecule has 3 nitrogen and oxygen atoms in total. The predicted molar refractivity (Wildman–Crippen MR) is 58.5 cm³/mol. The Hall–Kier alpha value is -2.04. The molecule has 0 aliphatic rings. The van der Waals surface area contributed by atoms with E-state index in [9.17, 15) is 13.6 Å². The average Bonchev–Trinajstić information content (AvgIpc) is 2.74. The minimum absolute atomic E-state index is 0.0381. The van der Waals surface area contributed by atoms with Crippen molar-refractivity contribution in [3.05, 3.63) is 47.8 Å². The van der Waals surface area contributed by atoms with E-state index in [0.29, 0.717) is 5.69 Å². The first-order valence-corrected chi connectivity index (χ1v) is 5.03. The molecular weight excluding hydrogens is 226 g/mol. The van der Waals surface area contributed by atoms with E-state index in [-0.39, 0.29) is 11.3 Å². The zero-order valence-electron chi connectivity index (χ0n) is 9.10. The number of carbonyl (C=O) groups excluding carboxylic acids is 1. The Bertz CT molecular complexity index is 535. The molecule has 88 valence electrons. The lowest BCUT2D eigenvalue weighted by atomic mass is 10.2. The zero-order valence-corrected chi connectivity index (χ0v) is 9.10. The third-order valence-corrected chi connectivity index (χ3v) is 2.39. The van der Waals surface area contributed by atoms with E-state index in [2.05, 4.69) is 5.10 Å². The van der Waals surface area contributed by atoms with E-state index in [1.54, 1.807) is 30.3 Å². The summed E-state index contributed by atoms with van der Waals surface area (Å²) in [5, 5.41) is 3.84. The normalized spacial score (nSPS) is 10.8. The summed E-state index contributed by atoms with van der Waals surface area (Å²) in [5.74, 6) is -0.414. The summed E-state index contributed by atoms with van der Waals surface area (Å²) in [6.45, 7) is 1.25. The minimum Gasteiger partial charge on any atom is -0.294 e. The summed E-state index contributed by atoms with van der Waals surface area (Å²) in [4.78, 5) is 11.2. The van der Waals surface area contributed by atoms with E-state index in [4.69, 9.17) is 0 Å². The van der Waals surface area contributed by atoms with Crippen molar-refractivity contribution < 1.29 is 13.6 Å². The van der Waals surface area contributed by atoms with Gasteiger partial charge in [-0.25, -0.2) is 13.5 Å². The lowest BCUT2D eigenvalue weighted by molar-refractivity contribution is 0.0996. The van der Waals surface area contributed by atoms with Gasteiger partial charge in [0.1, 0.15) is 5.69 Å². The largest absolute Gasteiger partial charge is 0.294 e. The number of aromatic nitrogens is 2. The molecule has 5 heteroatoms. The molecule has 0 saturated carbocycles. The number of Topliss-reactive ketones (excluding diaryl/α,β-unsaturated/α-hetero) is 1. The number of halogens is 2. The smallest absolute Gasteiger partial charge is 0.281 e. The van der Waals surface area contributed by atoms with E-state index < -0.39 is 12.2 Å². The highest BCUT2D eigenvalue weighted by Gasteiger charge is 2.23. The third-order valence-electron chi connectivity index (χ3n) is 2.39. The maximum absolute atomic E-state index is 13.0. The van der Waals surface area contributed by atoms with Crippen molar-refractivity contribution in [2.75, 3.05) is 0 Å². The highest BCUT2D eigenvalue weighted by atomic mass is 19.3. The number of hydrogen-bond acceptors (Lipinski definition) is 2. The first-order valence-electron chi connectivity index (χ1n) is 5.03. The zero-order chi connectivity index (χ0) is 12.4. The van der Waals surface area contributed by atoms with Gasteiger partial charge in [-0.2, -0.15) is 5.10 Å². The van der Waals surface area contributed by atoms with Gasteiger partial charge in [-0.15, -0.1) is 0 Å². The molecule has 0 fully saturated rings. The van der Waals surface area contributed by atoms with Crippen LogP contribution in [0.15, 0.2) is 36.5 Å². The van der Waals surface area contributed by atoms with Gasteiger partial charge in [0.25, 0.3) is 6.43 Å². The number of rotatable bonds is 3. The van der Waals surface area contributed by atoms with Crippen molar-refractivity contribution in [3.63, 3.8) is 0 Å². The number of para-hydroxylation sites is 1. The molecule has 0 aliphatic carbocycles. The van der Waals surface area contributed by atoms with Crippen LogP contribution >= 0.6 is 0 Å². The highest BCUT2D eigenvalue weighted by molar-refractivity contribution is 5.95. The minimum atomic E-state index is -2.74. The Balaban J connectivity index is 2.60. The van der Waals surface area contributed by atoms with Crippen LogP contribution in [0.1, 0.15) is 29.4 Å². The molecule has 2 rings (SSSR count). The molecule has 1 heterocycles. The predicted octanol–water partition coefficient (Wildman–Crippen LogP) is 3.01. The monoisotopic (exact) mass is 236 g/mol. The van der Waals surface area contributed by atoms with Gasteiger partial charge in [0.05, 0.1) is 17.4 Å².